The summed E-state index contributed by atoms with van der Waals surface area (Å²) in [5.74, 6) is 0. The van der Waals surface area contributed by atoms with E-state index in [0.717, 1.165) is 18.2 Å². The van der Waals surface area contributed by atoms with Gasteiger partial charge in [-0.05, 0) is 25.9 Å². The summed E-state index contributed by atoms with van der Waals surface area (Å²) in [5.41, 5.74) is 0. The van der Waals surface area contributed by atoms with Gasteiger partial charge < -0.3 is 10.2 Å². The van der Waals surface area contributed by atoms with Crippen molar-refractivity contribution in [1.82, 2.24) is 9.88 Å². The lowest BCUT2D eigenvalue weighted by molar-refractivity contribution is 0.237. The van der Waals surface area contributed by atoms with Crippen molar-refractivity contribution >= 4 is 28.1 Å². The Morgan fingerprint density at radius 1 is 1.40 bits per heavy atom. The molecular formula is C10H16ClN3S. The van der Waals surface area contributed by atoms with Gasteiger partial charge in [0.1, 0.15) is 5.15 Å². The average Bonchev–Trinajstić information content (AvgIpc) is 2.66. The van der Waals surface area contributed by atoms with E-state index in [4.69, 9.17) is 11.6 Å². The third-order valence-electron chi connectivity index (χ3n) is 2.63. The lowest BCUT2D eigenvalue weighted by Crippen LogP contribution is -2.33. The molecule has 5 heteroatoms. The second-order valence-corrected chi connectivity index (χ2v) is 5.05. The van der Waals surface area contributed by atoms with Crippen molar-refractivity contribution in [3.05, 3.63) is 10.5 Å². The van der Waals surface area contributed by atoms with Gasteiger partial charge in [0.05, 0.1) is 0 Å². The number of thiazole rings is 1. The van der Waals surface area contributed by atoms with Crippen LogP contribution in [0.25, 0.3) is 0 Å². The maximum atomic E-state index is 5.74. The van der Waals surface area contributed by atoms with Gasteiger partial charge in [0, 0.05) is 18.5 Å². The van der Waals surface area contributed by atoms with Crippen LogP contribution in [0.3, 0.4) is 0 Å². The van der Waals surface area contributed by atoms with Gasteiger partial charge in [-0.15, -0.1) is 11.3 Å². The highest BCUT2D eigenvalue weighted by molar-refractivity contribution is 7.14. The molecule has 0 amide bonds. The molecule has 0 unspecified atom stereocenters. The number of halogens is 1. The van der Waals surface area contributed by atoms with Crippen LogP contribution in [-0.2, 0) is 0 Å². The van der Waals surface area contributed by atoms with E-state index in [0.29, 0.717) is 5.15 Å². The minimum Gasteiger partial charge on any atom is -0.360 e. The fourth-order valence-electron chi connectivity index (χ4n) is 1.84. The normalized spacial score (nSPS) is 17.9. The van der Waals surface area contributed by atoms with E-state index in [1.165, 1.54) is 32.4 Å². The topological polar surface area (TPSA) is 28.2 Å². The lowest BCUT2D eigenvalue weighted by atomic mass is 10.1. The van der Waals surface area contributed by atoms with Crippen molar-refractivity contribution in [3.63, 3.8) is 0 Å². The van der Waals surface area contributed by atoms with Crippen LogP contribution in [0.1, 0.15) is 19.3 Å². The summed E-state index contributed by atoms with van der Waals surface area (Å²) in [4.78, 5) is 6.65. The fourth-order valence-corrected chi connectivity index (χ4v) is 2.71. The van der Waals surface area contributed by atoms with Crippen LogP contribution in [0.5, 0.6) is 0 Å². The SMILES string of the molecule is Clc1csc(NCCN2CCCCC2)n1. The molecule has 84 valence electrons. The number of hydrogen-bond donors (Lipinski definition) is 1. The predicted octanol–water partition coefficient (Wildman–Crippen LogP) is 2.69. The minimum atomic E-state index is 0.584. The molecule has 1 aromatic rings. The quantitative estimate of drug-likeness (QED) is 0.884. The molecule has 1 fully saturated rings. The Morgan fingerprint density at radius 2 is 2.20 bits per heavy atom. The first-order valence-corrected chi connectivity index (χ1v) is 6.67. The molecule has 3 nitrogen and oxygen atoms in total. The van der Waals surface area contributed by atoms with Crippen LogP contribution in [-0.4, -0.2) is 36.1 Å². The number of rotatable bonds is 4. The van der Waals surface area contributed by atoms with E-state index in [-0.39, 0.29) is 0 Å². The summed E-state index contributed by atoms with van der Waals surface area (Å²) in [7, 11) is 0. The molecule has 0 saturated carbocycles. The number of likely N-dealkylation sites (tertiary alicyclic amines) is 1. The van der Waals surface area contributed by atoms with Crippen molar-refractivity contribution in [2.24, 2.45) is 0 Å². The lowest BCUT2D eigenvalue weighted by Gasteiger charge is -2.26. The first-order valence-electron chi connectivity index (χ1n) is 5.42. The molecule has 0 atom stereocenters. The van der Waals surface area contributed by atoms with Crippen LogP contribution in [0.4, 0.5) is 5.13 Å². The minimum absolute atomic E-state index is 0.584. The van der Waals surface area contributed by atoms with E-state index in [9.17, 15) is 0 Å². The highest BCUT2D eigenvalue weighted by atomic mass is 35.5. The molecule has 1 saturated heterocycles. The van der Waals surface area contributed by atoms with Crippen LogP contribution in [0.15, 0.2) is 5.38 Å². The second-order valence-electron chi connectivity index (χ2n) is 3.80. The molecule has 1 aliphatic rings. The summed E-state index contributed by atoms with van der Waals surface area (Å²) in [6.07, 6.45) is 4.10. The number of aromatic nitrogens is 1. The number of nitrogens with zero attached hydrogens (tertiary/aromatic N) is 2. The Morgan fingerprint density at radius 3 is 2.87 bits per heavy atom. The third-order valence-corrected chi connectivity index (χ3v) is 3.75. The standard InChI is InChI=1S/C10H16ClN3S/c11-9-8-15-10(13-9)12-4-7-14-5-2-1-3-6-14/h8H,1-7H2,(H,12,13). The van der Waals surface area contributed by atoms with Gasteiger partial charge in [0.2, 0.25) is 0 Å². The summed E-state index contributed by atoms with van der Waals surface area (Å²) < 4.78 is 0. The van der Waals surface area contributed by atoms with Gasteiger partial charge >= 0.3 is 0 Å². The smallest absolute Gasteiger partial charge is 0.184 e. The Labute approximate surface area is 99.5 Å². The van der Waals surface area contributed by atoms with Gasteiger partial charge in [-0.3, -0.25) is 0 Å². The van der Waals surface area contributed by atoms with Gasteiger partial charge in [-0.1, -0.05) is 18.0 Å². The molecule has 0 radical (unpaired) electrons. The van der Waals surface area contributed by atoms with Gasteiger partial charge in [-0.2, -0.15) is 0 Å². The Hall–Kier alpha value is -0.320. The van der Waals surface area contributed by atoms with Gasteiger partial charge in [-0.25, -0.2) is 4.98 Å². The van der Waals surface area contributed by atoms with Crippen molar-refractivity contribution in [1.29, 1.82) is 0 Å². The molecule has 1 aromatic heterocycles. The van der Waals surface area contributed by atoms with Crippen LogP contribution < -0.4 is 5.32 Å². The van der Waals surface area contributed by atoms with Crippen molar-refractivity contribution in [3.8, 4) is 0 Å². The summed E-state index contributed by atoms with van der Waals surface area (Å²) in [5, 5.41) is 6.66. The van der Waals surface area contributed by atoms with E-state index in [1.54, 1.807) is 11.3 Å². The zero-order valence-corrected chi connectivity index (χ0v) is 10.3. The zero-order chi connectivity index (χ0) is 10.5. The number of nitrogens with one attached hydrogen (secondary N) is 1. The molecular weight excluding hydrogens is 230 g/mol. The van der Waals surface area contributed by atoms with Crippen molar-refractivity contribution < 1.29 is 0 Å². The third kappa shape index (κ3) is 3.63. The summed E-state index contributed by atoms with van der Waals surface area (Å²) >= 11 is 7.30. The van der Waals surface area contributed by atoms with Gasteiger partial charge in [0.25, 0.3) is 0 Å². The van der Waals surface area contributed by atoms with Crippen molar-refractivity contribution in [2.45, 2.75) is 19.3 Å². The molecule has 15 heavy (non-hydrogen) atoms. The van der Waals surface area contributed by atoms with Crippen molar-refractivity contribution in [2.75, 3.05) is 31.5 Å². The van der Waals surface area contributed by atoms with Gasteiger partial charge in [0.15, 0.2) is 5.13 Å². The second kappa shape index (κ2) is 5.68. The molecule has 0 bridgehead atoms. The Balaban J connectivity index is 1.65. The molecule has 0 aliphatic carbocycles. The zero-order valence-electron chi connectivity index (χ0n) is 8.71. The number of anilines is 1. The van der Waals surface area contributed by atoms with Crippen LogP contribution in [0.2, 0.25) is 5.15 Å². The summed E-state index contributed by atoms with van der Waals surface area (Å²) in [6, 6.07) is 0. The van der Waals surface area contributed by atoms with E-state index < -0.39 is 0 Å². The fraction of sp³-hybridized carbons (Fsp3) is 0.700. The number of hydrogen-bond acceptors (Lipinski definition) is 4. The number of piperidine rings is 1. The maximum Gasteiger partial charge on any atom is 0.184 e. The largest absolute Gasteiger partial charge is 0.360 e. The summed E-state index contributed by atoms with van der Waals surface area (Å²) in [6.45, 7) is 4.57. The first kappa shape index (κ1) is 11.2. The molecule has 0 aromatic carbocycles. The molecule has 1 N–H and O–H groups in total. The highest BCUT2D eigenvalue weighted by Gasteiger charge is 2.09. The molecule has 2 heterocycles. The monoisotopic (exact) mass is 245 g/mol. The molecule has 0 spiro atoms. The van der Waals surface area contributed by atoms with Crippen LogP contribution in [0, 0.1) is 0 Å². The highest BCUT2D eigenvalue weighted by Crippen LogP contribution is 2.18. The Bertz CT molecular complexity index is 297. The Kier molecular flexibility index (Phi) is 4.23. The predicted molar refractivity (Wildman–Crippen MR) is 65.9 cm³/mol. The van der Waals surface area contributed by atoms with E-state index in [2.05, 4.69) is 15.2 Å². The molecule has 2 rings (SSSR count). The van der Waals surface area contributed by atoms with E-state index >= 15 is 0 Å². The van der Waals surface area contributed by atoms with Crippen LogP contribution >= 0.6 is 22.9 Å². The van der Waals surface area contributed by atoms with E-state index in [1.807, 2.05) is 5.38 Å². The molecule has 1 aliphatic heterocycles. The maximum absolute atomic E-state index is 5.74. The average molecular weight is 246 g/mol. The first-order chi connectivity index (χ1) is 7.34.